The van der Waals surface area contributed by atoms with Crippen molar-refractivity contribution in [1.82, 2.24) is 0 Å². The fourth-order valence-electron chi connectivity index (χ4n) is 1.77. The molecule has 20 heavy (non-hydrogen) atoms. The molecule has 2 aromatic rings. The summed E-state index contributed by atoms with van der Waals surface area (Å²) >= 11 is 3.41. The maximum absolute atomic E-state index is 12.7. The van der Waals surface area contributed by atoms with Gasteiger partial charge in [0, 0.05) is 0 Å². The van der Waals surface area contributed by atoms with Crippen molar-refractivity contribution >= 4 is 27.8 Å². The molecule has 3 rings (SSSR count). The van der Waals surface area contributed by atoms with Crippen LogP contribution in [0.5, 0.6) is 11.5 Å². The highest BCUT2D eigenvalue weighted by atomic mass is 79.9. The molecule has 0 spiro atoms. The first-order valence-electron chi connectivity index (χ1n) is 5.86. The summed E-state index contributed by atoms with van der Waals surface area (Å²) in [6.45, 7) is 0.225. The molecule has 0 radical (unpaired) electrons. The molecular formula is C14H10BrFN2O2. The van der Waals surface area contributed by atoms with Crippen molar-refractivity contribution < 1.29 is 13.9 Å². The molecule has 2 aromatic carbocycles. The summed E-state index contributed by atoms with van der Waals surface area (Å²) in [5.74, 6) is 1.11. The lowest BCUT2D eigenvalue weighted by molar-refractivity contribution is 0.173. The van der Waals surface area contributed by atoms with Crippen LogP contribution in [0.1, 0.15) is 5.56 Å². The van der Waals surface area contributed by atoms with Crippen molar-refractivity contribution in [2.24, 2.45) is 5.10 Å². The lowest BCUT2D eigenvalue weighted by Gasteiger charge is -2.02. The Morgan fingerprint density at radius 1 is 1.20 bits per heavy atom. The van der Waals surface area contributed by atoms with E-state index >= 15 is 0 Å². The molecule has 1 aliphatic rings. The zero-order chi connectivity index (χ0) is 13.9. The monoisotopic (exact) mass is 336 g/mol. The molecule has 4 nitrogen and oxygen atoms in total. The van der Waals surface area contributed by atoms with E-state index in [0.717, 1.165) is 10.0 Å². The van der Waals surface area contributed by atoms with E-state index in [9.17, 15) is 4.39 Å². The Kier molecular flexibility index (Phi) is 3.56. The number of hydrogen-bond donors (Lipinski definition) is 1. The van der Waals surface area contributed by atoms with Gasteiger partial charge in [-0.15, -0.1) is 0 Å². The summed E-state index contributed by atoms with van der Waals surface area (Å²) in [4.78, 5) is 0. The third-order valence-corrected chi connectivity index (χ3v) is 3.29. The Morgan fingerprint density at radius 3 is 2.80 bits per heavy atom. The number of hydrazone groups is 1. The Balaban J connectivity index is 1.73. The van der Waals surface area contributed by atoms with Gasteiger partial charge in [-0.3, -0.25) is 5.43 Å². The van der Waals surface area contributed by atoms with Crippen molar-refractivity contribution in [2.75, 3.05) is 12.2 Å². The minimum absolute atomic E-state index is 0.225. The molecule has 0 saturated heterocycles. The van der Waals surface area contributed by atoms with Crippen LogP contribution in [-0.4, -0.2) is 13.0 Å². The van der Waals surface area contributed by atoms with Gasteiger partial charge < -0.3 is 9.47 Å². The molecular weight excluding hydrogens is 327 g/mol. The fraction of sp³-hybridized carbons (Fsp3) is 0.0714. The molecule has 1 N–H and O–H groups in total. The number of ether oxygens (including phenoxy) is 2. The summed E-state index contributed by atoms with van der Waals surface area (Å²) in [5, 5.41) is 4.09. The molecule has 0 saturated carbocycles. The summed E-state index contributed by atoms with van der Waals surface area (Å²) < 4.78 is 24.2. The number of nitrogens with zero attached hydrogens (tertiary/aromatic N) is 1. The highest BCUT2D eigenvalue weighted by Crippen LogP contribution is 2.39. The molecule has 0 unspecified atom stereocenters. The molecule has 1 heterocycles. The SMILES string of the molecule is Fc1ccc(N/N=C\c2cc(Br)c3c(c2)OCO3)cc1. The second-order valence-corrected chi connectivity index (χ2v) is 4.97. The van der Waals surface area contributed by atoms with E-state index in [-0.39, 0.29) is 12.6 Å². The van der Waals surface area contributed by atoms with E-state index in [0.29, 0.717) is 17.2 Å². The fourth-order valence-corrected chi connectivity index (χ4v) is 2.34. The molecule has 0 bridgehead atoms. The minimum Gasteiger partial charge on any atom is -0.454 e. The number of rotatable bonds is 3. The van der Waals surface area contributed by atoms with E-state index in [1.165, 1.54) is 12.1 Å². The van der Waals surface area contributed by atoms with Gasteiger partial charge in [0.1, 0.15) is 5.82 Å². The van der Waals surface area contributed by atoms with Gasteiger partial charge in [0.25, 0.3) is 0 Å². The molecule has 0 aromatic heterocycles. The first-order valence-corrected chi connectivity index (χ1v) is 6.65. The number of anilines is 1. The second-order valence-electron chi connectivity index (χ2n) is 4.11. The lowest BCUT2D eigenvalue weighted by Crippen LogP contribution is -1.93. The summed E-state index contributed by atoms with van der Waals surface area (Å²) in [6, 6.07) is 9.68. The molecule has 1 aliphatic heterocycles. The van der Waals surface area contributed by atoms with Crippen LogP contribution in [0.15, 0.2) is 46.0 Å². The molecule has 6 heteroatoms. The normalized spacial score (nSPS) is 12.9. The third-order valence-electron chi connectivity index (χ3n) is 2.70. The van der Waals surface area contributed by atoms with Gasteiger partial charge in [0.15, 0.2) is 11.5 Å². The van der Waals surface area contributed by atoms with Crippen molar-refractivity contribution in [2.45, 2.75) is 0 Å². The maximum atomic E-state index is 12.7. The highest BCUT2D eigenvalue weighted by Gasteiger charge is 2.17. The Labute approximate surface area is 123 Å². The van der Waals surface area contributed by atoms with Crippen LogP contribution < -0.4 is 14.9 Å². The highest BCUT2D eigenvalue weighted by molar-refractivity contribution is 9.10. The van der Waals surface area contributed by atoms with Crippen molar-refractivity contribution in [3.8, 4) is 11.5 Å². The van der Waals surface area contributed by atoms with Gasteiger partial charge in [0.05, 0.1) is 16.4 Å². The van der Waals surface area contributed by atoms with Crippen LogP contribution in [0.3, 0.4) is 0 Å². The summed E-state index contributed by atoms with van der Waals surface area (Å²) in [7, 11) is 0. The minimum atomic E-state index is -0.278. The maximum Gasteiger partial charge on any atom is 0.231 e. The standard InChI is InChI=1S/C14H10BrFN2O2/c15-12-5-9(6-13-14(12)20-8-19-13)7-17-18-11-3-1-10(16)2-4-11/h1-7,18H,8H2/b17-7-. The molecule has 0 amide bonds. The van der Waals surface area contributed by atoms with Gasteiger partial charge in [-0.1, -0.05) is 0 Å². The Hall–Kier alpha value is -2.08. The molecule has 0 aliphatic carbocycles. The number of nitrogens with one attached hydrogen (secondary N) is 1. The first-order chi connectivity index (χ1) is 9.72. The molecule has 102 valence electrons. The zero-order valence-corrected chi connectivity index (χ0v) is 11.9. The Morgan fingerprint density at radius 2 is 2.00 bits per heavy atom. The number of benzene rings is 2. The van der Waals surface area contributed by atoms with Crippen LogP contribution in [0.4, 0.5) is 10.1 Å². The molecule has 0 fully saturated rings. The van der Waals surface area contributed by atoms with Crippen LogP contribution in [-0.2, 0) is 0 Å². The summed E-state index contributed by atoms with van der Waals surface area (Å²) in [5.41, 5.74) is 4.39. The average molecular weight is 337 g/mol. The van der Waals surface area contributed by atoms with Crippen molar-refractivity contribution in [3.63, 3.8) is 0 Å². The first kappa shape index (κ1) is 12.9. The predicted molar refractivity (Wildman–Crippen MR) is 77.9 cm³/mol. The van der Waals surface area contributed by atoms with Crippen LogP contribution in [0.25, 0.3) is 0 Å². The van der Waals surface area contributed by atoms with Crippen molar-refractivity contribution in [1.29, 1.82) is 0 Å². The number of hydrogen-bond acceptors (Lipinski definition) is 4. The third kappa shape index (κ3) is 2.75. The van der Waals surface area contributed by atoms with Crippen LogP contribution in [0.2, 0.25) is 0 Å². The summed E-state index contributed by atoms with van der Waals surface area (Å²) in [6.07, 6.45) is 1.65. The zero-order valence-electron chi connectivity index (χ0n) is 10.3. The van der Waals surface area contributed by atoms with Crippen LogP contribution in [0, 0.1) is 5.82 Å². The van der Waals surface area contributed by atoms with Crippen LogP contribution >= 0.6 is 15.9 Å². The topological polar surface area (TPSA) is 42.9 Å². The van der Waals surface area contributed by atoms with Gasteiger partial charge in [-0.25, -0.2) is 4.39 Å². The lowest BCUT2D eigenvalue weighted by atomic mass is 10.2. The Bertz CT molecular complexity index is 659. The van der Waals surface area contributed by atoms with Gasteiger partial charge in [0.2, 0.25) is 6.79 Å². The largest absolute Gasteiger partial charge is 0.454 e. The average Bonchev–Trinajstić information content (AvgIpc) is 2.90. The van der Waals surface area contributed by atoms with E-state index in [1.807, 2.05) is 12.1 Å². The number of halogens is 2. The van der Waals surface area contributed by atoms with E-state index < -0.39 is 0 Å². The van der Waals surface area contributed by atoms with E-state index in [4.69, 9.17) is 9.47 Å². The molecule has 0 atom stereocenters. The smallest absolute Gasteiger partial charge is 0.231 e. The second kappa shape index (κ2) is 5.50. The quantitative estimate of drug-likeness (QED) is 0.685. The predicted octanol–water partition coefficient (Wildman–Crippen LogP) is 3.76. The van der Waals surface area contributed by atoms with Gasteiger partial charge in [-0.2, -0.15) is 5.10 Å². The number of fused-ring (bicyclic) bond motifs is 1. The van der Waals surface area contributed by atoms with E-state index in [2.05, 4.69) is 26.5 Å². The van der Waals surface area contributed by atoms with Gasteiger partial charge in [-0.05, 0) is 57.9 Å². The van der Waals surface area contributed by atoms with Gasteiger partial charge >= 0.3 is 0 Å². The van der Waals surface area contributed by atoms with E-state index in [1.54, 1.807) is 18.3 Å². The van der Waals surface area contributed by atoms with Crippen molar-refractivity contribution in [3.05, 3.63) is 52.3 Å².